The first-order valence-corrected chi connectivity index (χ1v) is 3.35. The van der Waals surface area contributed by atoms with Gasteiger partial charge in [0.05, 0.1) is 5.92 Å². The molecule has 0 saturated heterocycles. The molecule has 0 aromatic heterocycles. The lowest BCUT2D eigenvalue weighted by atomic mass is 10.1. The summed E-state index contributed by atoms with van der Waals surface area (Å²) in [6.45, 7) is 4.31. The van der Waals surface area contributed by atoms with Crippen molar-refractivity contribution in [3.05, 3.63) is 0 Å². The Bertz CT molecular complexity index is 164. The zero-order valence-electron chi connectivity index (χ0n) is 6.83. The second-order valence-electron chi connectivity index (χ2n) is 2.44. The minimum atomic E-state index is -0.959. The number of aliphatic carboxylic acids is 1. The highest BCUT2D eigenvalue weighted by Gasteiger charge is 2.21. The van der Waals surface area contributed by atoms with Gasteiger partial charge in [-0.25, -0.2) is 0 Å². The van der Waals surface area contributed by atoms with E-state index in [2.05, 4.69) is 4.74 Å². The number of ether oxygens (including phenoxy) is 1. The molecule has 4 nitrogen and oxygen atoms in total. The monoisotopic (exact) mass is 160 g/mol. The van der Waals surface area contributed by atoms with E-state index in [1.807, 2.05) is 0 Å². The van der Waals surface area contributed by atoms with Crippen LogP contribution in [0.3, 0.4) is 0 Å². The summed E-state index contributed by atoms with van der Waals surface area (Å²) in [4.78, 5) is 20.7. The molecule has 2 unspecified atom stereocenters. The third-order valence-electron chi connectivity index (χ3n) is 1.45. The minimum Gasteiger partial charge on any atom is -0.481 e. The van der Waals surface area contributed by atoms with Crippen LogP contribution in [0, 0.1) is 5.92 Å². The zero-order chi connectivity index (χ0) is 9.02. The molecule has 0 bridgehead atoms. The van der Waals surface area contributed by atoms with Crippen LogP contribution in [0.5, 0.6) is 0 Å². The molecule has 0 spiro atoms. The molecule has 1 N–H and O–H groups in total. The Morgan fingerprint density at radius 2 is 1.82 bits per heavy atom. The molecule has 2 atom stereocenters. The predicted octanol–water partition coefficient (Wildman–Crippen LogP) is 0.659. The van der Waals surface area contributed by atoms with Crippen molar-refractivity contribution in [1.82, 2.24) is 0 Å². The number of esters is 1. The molecular weight excluding hydrogens is 148 g/mol. The number of carbonyl (C=O) groups is 2. The highest BCUT2D eigenvalue weighted by atomic mass is 16.5. The molecule has 0 fully saturated rings. The van der Waals surface area contributed by atoms with E-state index in [-0.39, 0.29) is 0 Å². The molecular formula is C7H12O4. The summed E-state index contributed by atoms with van der Waals surface area (Å²) < 4.78 is 4.65. The molecule has 0 saturated carbocycles. The number of hydrogen-bond acceptors (Lipinski definition) is 3. The average Bonchev–Trinajstić information content (AvgIpc) is 1.84. The van der Waals surface area contributed by atoms with Crippen LogP contribution in [0.15, 0.2) is 0 Å². The molecule has 11 heavy (non-hydrogen) atoms. The Labute approximate surface area is 65.2 Å². The number of carbonyl (C=O) groups excluding carboxylic acids is 1. The van der Waals surface area contributed by atoms with Gasteiger partial charge in [0.1, 0.15) is 6.10 Å². The Morgan fingerprint density at radius 1 is 1.36 bits per heavy atom. The van der Waals surface area contributed by atoms with Crippen molar-refractivity contribution >= 4 is 11.9 Å². The van der Waals surface area contributed by atoms with E-state index in [1.165, 1.54) is 13.8 Å². The molecule has 0 radical (unpaired) electrons. The Kier molecular flexibility index (Phi) is 3.57. The maximum Gasteiger partial charge on any atom is 0.309 e. The molecule has 0 aliphatic heterocycles. The molecule has 0 amide bonds. The van der Waals surface area contributed by atoms with Crippen molar-refractivity contribution in [2.75, 3.05) is 0 Å². The number of carboxylic acid groups (broad SMARTS) is 1. The fourth-order valence-electron chi connectivity index (χ4n) is 0.565. The van der Waals surface area contributed by atoms with Crippen LogP contribution in [0.25, 0.3) is 0 Å². The van der Waals surface area contributed by atoms with E-state index in [0.717, 1.165) is 0 Å². The Balaban J connectivity index is 3.92. The van der Waals surface area contributed by atoms with Crippen LogP contribution < -0.4 is 0 Å². The summed E-state index contributed by atoms with van der Waals surface area (Å²) in [5, 5.41) is 8.47. The molecule has 0 aromatic carbocycles. The summed E-state index contributed by atoms with van der Waals surface area (Å²) in [6.07, 6.45) is -0.565. The molecule has 0 aliphatic carbocycles. The van der Waals surface area contributed by atoms with Gasteiger partial charge >= 0.3 is 11.9 Å². The third-order valence-corrected chi connectivity index (χ3v) is 1.45. The largest absolute Gasteiger partial charge is 0.481 e. The van der Waals surface area contributed by atoms with Gasteiger partial charge in [0.25, 0.3) is 0 Å². The maximum atomic E-state index is 10.4. The predicted molar refractivity (Wildman–Crippen MR) is 38.0 cm³/mol. The van der Waals surface area contributed by atoms with Crippen LogP contribution >= 0.6 is 0 Å². The van der Waals surface area contributed by atoms with Crippen molar-refractivity contribution in [2.45, 2.75) is 26.9 Å². The fourth-order valence-corrected chi connectivity index (χ4v) is 0.565. The van der Waals surface area contributed by atoms with Crippen molar-refractivity contribution in [3.63, 3.8) is 0 Å². The van der Waals surface area contributed by atoms with Gasteiger partial charge < -0.3 is 9.84 Å². The van der Waals surface area contributed by atoms with Crippen molar-refractivity contribution < 1.29 is 19.4 Å². The van der Waals surface area contributed by atoms with E-state index in [4.69, 9.17) is 5.11 Å². The van der Waals surface area contributed by atoms with E-state index < -0.39 is 24.0 Å². The van der Waals surface area contributed by atoms with Gasteiger partial charge in [-0.1, -0.05) is 0 Å². The molecule has 0 aromatic rings. The summed E-state index contributed by atoms with van der Waals surface area (Å²) in [5.74, 6) is -2.07. The highest BCUT2D eigenvalue weighted by Crippen LogP contribution is 2.06. The molecule has 0 aliphatic rings. The van der Waals surface area contributed by atoms with Gasteiger partial charge in [-0.3, -0.25) is 9.59 Å². The van der Waals surface area contributed by atoms with Crippen LogP contribution in [0.2, 0.25) is 0 Å². The molecule has 0 heterocycles. The van der Waals surface area contributed by atoms with Gasteiger partial charge in [-0.05, 0) is 13.8 Å². The van der Waals surface area contributed by atoms with Crippen LogP contribution in [0.1, 0.15) is 20.8 Å². The quantitative estimate of drug-likeness (QED) is 0.616. The van der Waals surface area contributed by atoms with Crippen molar-refractivity contribution in [3.8, 4) is 0 Å². The first-order chi connectivity index (χ1) is 4.95. The van der Waals surface area contributed by atoms with E-state index >= 15 is 0 Å². The topological polar surface area (TPSA) is 63.6 Å². The summed E-state index contributed by atoms with van der Waals surface area (Å²) >= 11 is 0. The Morgan fingerprint density at radius 3 is 2.09 bits per heavy atom. The van der Waals surface area contributed by atoms with Crippen LogP contribution in [0.4, 0.5) is 0 Å². The molecule has 4 heteroatoms. The smallest absolute Gasteiger partial charge is 0.309 e. The van der Waals surface area contributed by atoms with Gasteiger partial charge in [0.2, 0.25) is 0 Å². The van der Waals surface area contributed by atoms with Crippen LogP contribution in [-0.4, -0.2) is 23.1 Å². The molecule has 0 rings (SSSR count). The summed E-state index contributed by atoms with van der Waals surface area (Å²) in [6, 6.07) is 0. The van der Waals surface area contributed by atoms with E-state index in [1.54, 1.807) is 6.92 Å². The van der Waals surface area contributed by atoms with Crippen molar-refractivity contribution in [2.24, 2.45) is 5.92 Å². The highest BCUT2D eigenvalue weighted by molar-refractivity contribution is 5.71. The normalized spacial score (nSPS) is 15.2. The minimum absolute atomic E-state index is 0.453. The second kappa shape index (κ2) is 3.95. The van der Waals surface area contributed by atoms with Crippen LogP contribution in [-0.2, 0) is 14.3 Å². The maximum absolute atomic E-state index is 10.4. The number of rotatable bonds is 3. The second-order valence-corrected chi connectivity index (χ2v) is 2.44. The summed E-state index contributed by atoms with van der Waals surface area (Å²) in [7, 11) is 0. The first-order valence-electron chi connectivity index (χ1n) is 3.35. The van der Waals surface area contributed by atoms with Crippen molar-refractivity contribution in [1.29, 1.82) is 0 Å². The van der Waals surface area contributed by atoms with Gasteiger partial charge in [0.15, 0.2) is 0 Å². The SMILES string of the molecule is CC(=O)OC(C)C(C)C(=O)O. The van der Waals surface area contributed by atoms with E-state index in [9.17, 15) is 9.59 Å². The Hall–Kier alpha value is -1.06. The molecule has 64 valence electrons. The first kappa shape index (κ1) is 9.94. The van der Waals surface area contributed by atoms with Gasteiger partial charge in [-0.2, -0.15) is 0 Å². The lowest BCUT2D eigenvalue weighted by Crippen LogP contribution is -2.26. The summed E-state index contributed by atoms with van der Waals surface area (Å²) in [5.41, 5.74) is 0. The average molecular weight is 160 g/mol. The number of hydrogen-bond donors (Lipinski definition) is 1. The zero-order valence-corrected chi connectivity index (χ0v) is 6.83. The lowest BCUT2D eigenvalue weighted by Gasteiger charge is -2.15. The third kappa shape index (κ3) is 3.60. The lowest BCUT2D eigenvalue weighted by molar-refractivity contribution is -0.154. The van der Waals surface area contributed by atoms with Gasteiger partial charge in [-0.15, -0.1) is 0 Å². The van der Waals surface area contributed by atoms with Gasteiger partial charge in [0, 0.05) is 6.92 Å². The number of carboxylic acids is 1. The fraction of sp³-hybridized carbons (Fsp3) is 0.714. The van der Waals surface area contributed by atoms with E-state index in [0.29, 0.717) is 0 Å². The standard InChI is InChI=1S/C7H12O4/c1-4(7(9)10)5(2)11-6(3)8/h4-5H,1-3H3,(H,9,10).